The van der Waals surface area contributed by atoms with Gasteiger partial charge in [0, 0.05) is 5.56 Å². The van der Waals surface area contributed by atoms with Gasteiger partial charge in [0.1, 0.15) is 17.3 Å². The van der Waals surface area contributed by atoms with E-state index in [-0.39, 0.29) is 16.4 Å². The number of rotatable bonds is 5. The first-order chi connectivity index (χ1) is 10.0. The van der Waals surface area contributed by atoms with Gasteiger partial charge in [-0.15, -0.1) is 0 Å². The number of nitrogens with one attached hydrogen (secondary N) is 1. The zero-order valence-electron chi connectivity index (χ0n) is 10.9. The summed E-state index contributed by atoms with van der Waals surface area (Å²) in [7, 11) is 0. The number of carboxylic acids is 1. The number of carbonyl (C=O) groups is 1. The minimum absolute atomic E-state index is 0.0847. The Kier molecular flexibility index (Phi) is 3.55. The Labute approximate surface area is 124 Å². The maximum atomic E-state index is 13.6. The van der Waals surface area contributed by atoms with Gasteiger partial charge in [-0.1, -0.05) is 11.6 Å². The smallest absolute Gasteiger partial charge is 0.353 e. The van der Waals surface area contributed by atoms with Crippen LogP contribution in [0, 0.1) is 11.7 Å². The maximum Gasteiger partial charge on any atom is 0.353 e. The van der Waals surface area contributed by atoms with E-state index in [1.165, 1.54) is 12.1 Å². The lowest BCUT2D eigenvalue weighted by molar-refractivity contribution is 0.0690. The number of H-pyrrole nitrogens is 1. The number of benzene rings is 1. The van der Waals surface area contributed by atoms with Crippen molar-refractivity contribution in [3.63, 3.8) is 0 Å². The Hall–Kier alpha value is -2.08. The molecule has 0 atom stereocenters. The third-order valence-corrected chi connectivity index (χ3v) is 3.53. The van der Waals surface area contributed by atoms with Crippen LogP contribution in [0.4, 0.5) is 4.39 Å². The van der Waals surface area contributed by atoms with Crippen LogP contribution < -0.4 is 4.74 Å². The molecule has 7 heteroatoms. The summed E-state index contributed by atoms with van der Waals surface area (Å²) in [4.78, 5) is 10.9. The molecule has 1 saturated carbocycles. The summed E-state index contributed by atoms with van der Waals surface area (Å²) in [5.41, 5.74) is 0.530. The second-order valence-corrected chi connectivity index (χ2v) is 5.40. The van der Waals surface area contributed by atoms with Gasteiger partial charge >= 0.3 is 5.97 Å². The third-order valence-electron chi connectivity index (χ3n) is 3.25. The van der Waals surface area contributed by atoms with E-state index in [1.54, 1.807) is 0 Å². The highest BCUT2D eigenvalue weighted by Crippen LogP contribution is 2.38. The summed E-state index contributed by atoms with van der Waals surface area (Å²) < 4.78 is 19.2. The van der Waals surface area contributed by atoms with Gasteiger partial charge in [0.2, 0.25) is 0 Å². The highest BCUT2D eigenvalue weighted by Gasteiger charge is 2.24. The number of nitrogens with zero attached hydrogens (tertiary/aromatic N) is 1. The molecular formula is C14H12ClFN2O3. The lowest BCUT2D eigenvalue weighted by Crippen LogP contribution is -2.01. The highest BCUT2D eigenvalue weighted by atomic mass is 35.5. The van der Waals surface area contributed by atoms with Crippen LogP contribution in [0.15, 0.2) is 18.2 Å². The lowest BCUT2D eigenvalue weighted by Gasteiger charge is -2.12. The second kappa shape index (κ2) is 5.37. The van der Waals surface area contributed by atoms with Crippen molar-refractivity contribution in [3.8, 4) is 17.0 Å². The van der Waals surface area contributed by atoms with E-state index in [4.69, 9.17) is 21.4 Å². The van der Waals surface area contributed by atoms with E-state index in [2.05, 4.69) is 10.2 Å². The molecule has 21 heavy (non-hydrogen) atoms. The van der Waals surface area contributed by atoms with Crippen molar-refractivity contribution in [3.05, 3.63) is 34.7 Å². The van der Waals surface area contributed by atoms with Crippen molar-refractivity contribution in [2.24, 2.45) is 5.92 Å². The predicted molar refractivity (Wildman–Crippen MR) is 74.2 cm³/mol. The number of ether oxygens (including phenoxy) is 1. The number of aromatic nitrogens is 2. The van der Waals surface area contributed by atoms with E-state index in [9.17, 15) is 9.18 Å². The van der Waals surface area contributed by atoms with Crippen LogP contribution in [0.1, 0.15) is 23.3 Å². The summed E-state index contributed by atoms with van der Waals surface area (Å²) in [6.45, 7) is 0.508. The SMILES string of the molecule is O=C(O)c1cc(-c2cc(F)cc(Cl)c2OCC2CC2)n[nH]1. The highest BCUT2D eigenvalue weighted by molar-refractivity contribution is 6.32. The molecular weight excluding hydrogens is 299 g/mol. The normalized spacial score (nSPS) is 14.2. The molecule has 110 valence electrons. The Morgan fingerprint density at radius 2 is 2.24 bits per heavy atom. The molecule has 0 aliphatic heterocycles. The molecule has 3 rings (SSSR count). The predicted octanol–water partition coefficient (Wildman–Crippen LogP) is 3.36. The standard InChI is InChI=1S/C14H12ClFN2O3/c15-10-4-8(16)3-9(13(10)21-6-7-1-2-7)11-5-12(14(19)20)18-17-11/h3-5,7H,1-2,6H2,(H,17,18)(H,19,20). The summed E-state index contributed by atoms with van der Waals surface area (Å²) in [5.74, 6) is -0.841. The molecule has 1 fully saturated rings. The van der Waals surface area contributed by atoms with Gasteiger partial charge in [-0.3, -0.25) is 5.10 Å². The number of aromatic amines is 1. The van der Waals surface area contributed by atoms with Gasteiger partial charge in [0.15, 0.2) is 0 Å². The van der Waals surface area contributed by atoms with E-state index in [0.717, 1.165) is 18.9 Å². The van der Waals surface area contributed by atoms with Crippen LogP contribution >= 0.6 is 11.6 Å². The van der Waals surface area contributed by atoms with Crippen LogP contribution in [0.3, 0.4) is 0 Å². The molecule has 0 bridgehead atoms. The van der Waals surface area contributed by atoms with Crippen LogP contribution in [-0.4, -0.2) is 27.9 Å². The molecule has 1 heterocycles. The largest absolute Gasteiger partial charge is 0.491 e. The van der Waals surface area contributed by atoms with Crippen molar-refractivity contribution < 1.29 is 19.0 Å². The van der Waals surface area contributed by atoms with Gasteiger partial charge in [-0.2, -0.15) is 5.10 Å². The molecule has 1 aromatic carbocycles. The third kappa shape index (κ3) is 3.00. The van der Waals surface area contributed by atoms with E-state index < -0.39 is 11.8 Å². The Morgan fingerprint density at radius 1 is 1.48 bits per heavy atom. The van der Waals surface area contributed by atoms with Crippen molar-refractivity contribution in [2.45, 2.75) is 12.8 Å². The first-order valence-corrected chi connectivity index (χ1v) is 6.83. The maximum absolute atomic E-state index is 13.6. The van der Waals surface area contributed by atoms with Gasteiger partial charge in [0.05, 0.1) is 17.3 Å². The molecule has 2 N–H and O–H groups in total. The quantitative estimate of drug-likeness (QED) is 0.888. The molecule has 0 saturated heterocycles. The molecule has 1 aliphatic carbocycles. The summed E-state index contributed by atoms with van der Waals surface area (Å²) >= 11 is 6.04. The second-order valence-electron chi connectivity index (χ2n) is 4.99. The Morgan fingerprint density at radius 3 is 2.86 bits per heavy atom. The van der Waals surface area contributed by atoms with Crippen LogP contribution in [0.5, 0.6) is 5.75 Å². The molecule has 2 aromatic rings. The molecule has 5 nitrogen and oxygen atoms in total. The van der Waals surface area contributed by atoms with Crippen LogP contribution in [0.25, 0.3) is 11.3 Å². The van der Waals surface area contributed by atoms with Gasteiger partial charge < -0.3 is 9.84 Å². The minimum Gasteiger partial charge on any atom is -0.491 e. The van der Waals surface area contributed by atoms with Gasteiger partial charge in [-0.25, -0.2) is 9.18 Å². The Balaban J connectivity index is 1.99. The van der Waals surface area contributed by atoms with Crippen LogP contribution in [-0.2, 0) is 0 Å². The molecule has 1 aromatic heterocycles. The number of hydrogen-bond acceptors (Lipinski definition) is 3. The molecule has 0 spiro atoms. The number of carboxylic acid groups (broad SMARTS) is 1. The molecule has 1 aliphatic rings. The average Bonchev–Trinajstić information content (AvgIpc) is 3.11. The Bertz CT molecular complexity index is 698. The summed E-state index contributed by atoms with van der Waals surface area (Å²) in [5, 5.41) is 15.3. The minimum atomic E-state index is -1.14. The van der Waals surface area contributed by atoms with Crippen molar-refractivity contribution in [1.29, 1.82) is 0 Å². The number of aromatic carboxylic acids is 1. The van der Waals surface area contributed by atoms with E-state index >= 15 is 0 Å². The van der Waals surface area contributed by atoms with Gasteiger partial charge in [0.25, 0.3) is 0 Å². The van der Waals surface area contributed by atoms with Gasteiger partial charge in [-0.05, 0) is 37.0 Å². The zero-order valence-corrected chi connectivity index (χ0v) is 11.7. The molecule has 0 unspecified atom stereocenters. The fraction of sp³-hybridized carbons (Fsp3) is 0.286. The lowest BCUT2D eigenvalue weighted by atomic mass is 10.1. The molecule has 0 radical (unpaired) electrons. The summed E-state index contributed by atoms with van der Waals surface area (Å²) in [6.07, 6.45) is 2.22. The van der Waals surface area contributed by atoms with Crippen molar-refractivity contribution in [1.82, 2.24) is 10.2 Å². The van der Waals surface area contributed by atoms with E-state index in [0.29, 0.717) is 23.8 Å². The fourth-order valence-corrected chi connectivity index (χ4v) is 2.21. The number of hydrogen-bond donors (Lipinski definition) is 2. The molecule has 0 amide bonds. The first-order valence-electron chi connectivity index (χ1n) is 6.45. The monoisotopic (exact) mass is 310 g/mol. The van der Waals surface area contributed by atoms with Crippen LogP contribution in [0.2, 0.25) is 5.02 Å². The topological polar surface area (TPSA) is 75.2 Å². The fourth-order valence-electron chi connectivity index (χ4n) is 1.95. The summed E-state index contributed by atoms with van der Waals surface area (Å²) in [6, 6.07) is 3.71. The zero-order chi connectivity index (χ0) is 15.0. The van der Waals surface area contributed by atoms with Crippen molar-refractivity contribution in [2.75, 3.05) is 6.61 Å². The van der Waals surface area contributed by atoms with Crippen molar-refractivity contribution >= 4 is 17.6 Å². The number of halogens is 2. The average molecular weight is 311 g/mol. The first kappa shape index (κ1) is 13.9. The van der Waals surface area contributed by atoms with E-state index in [1.807, 2.05) is 0 Å².